The van der Waals surface area contributed by atoms with Gasteiger partial charge >= 0.3 is 0 Å². The summed E-state index contributed by atoms with van der Waals surface area (Å²) in [5.74, 6) is -0.169. The van der Waals surface area contributed by atoms with Crippen molar-refractivity contribution in [3.63, 3.8) is 0 Å². The average molecular weight is 335 g/mol. The van der Waals surface area contributed by atoms with Gasteiger partial charge in [-0.15, -0.1) is 12.4 Å². The van der Waals surface area contributed by atoms with E-state index in [9.17, 15) is 4.39 Å². The Hall–Kier alpha value is -0.350. The van der Waals surface area contributed by atoms with Crippen LogP contribution in [0.3, 0.4) is 0 Å². The van der Waals surface area contributed by atoms with Gasteiger partial charge in [0.1, 0.15) is 5.82 Å². The molecule has 0 spiro atoms. The molecule has 1 atom stereocenters. The van der Waals surface area contributed by atoms with Crippen LogP contribution in [0.5, 0.6) is 0 Å². The molecule has 0 radical (unpaired) electrons. The lowest BCUT2D eigenvalue weighted by Crippen LogP contribution is -2.45. The summed E-state index contributed by atoms with van der Waals surface area (Å²) in [6.07, 6.45) is 4.47. The fourth-order valence-electron chi connectivity index (χ4n) is 2.92. The second-order valence-corrected chi connectivity index (χ2v) is 5.84. The van der Waals surface area contributed by atoms with Crippen LogP contribution in [-0.2, 0) is 0 Å². The molecule has 1 fully saturated rings. The van der Waals surface area contributed by atoms with E-state index in [0.29, 0.717) is 10.6 Å². The molecule has 21 heavy (non-hydrogen) atoms. The van der Waals surface area contributed by atoms with Crippen LogP contribution in [0.2, 0.25) is 5.02 Å². The SMILES string of the molecule is CCCCC[C@H](c1c(F)cccc1Cl)N1CCNCC1.Cl. The molecule has 1 aliphatic heterocycles. The highest BCUT2D eigenvalue weighted by Crippen LogP contribution is 2.33. The maximum Gasteiger partial charge on any atom is 0.129 e. The molecular weight excluding hydrogens is 310 g/mol. The van der Waals surface area contributed by atoms with E-state index in [-0.39, 0.29) is 24.3 Å². The first-order chi connectivity index (χ1) is 9.74. The number of nitrogens with one attached hydrogen (secondary N) is 1. The van der Waals surface area contributed by atoms with Crippen LogP contribution >= 0.6 is 24.0 Å². The zero-order chi connectivity index (χ0) is 14.4. The molecule has 120 valence electrons. The molecular formula is C16H25Cl2FN2. The highest BCUT2D eigenvalue weighted by molar-refractivity contribution is 6.31. The molecule has 0 aromatic heterocycles. The van der Waals surface area contributed by atoms with Crippen molar-refractivity contribution in [2.45, 2.75) is 38.6 Å². The van der Waals surface area contributed by atoms with Gasteiger partial charge in [-0.3, -0.25) is 4.90 Å². The summed E-state index contributed by atoms with van der Waals surface area (Å²) < 4.78 is 14.2. The van der Waals surface area contributed by atoms with Crippen molar-refractivity contribution in [3.05, 3.63) is 34.6 Å². The Labute approximate surface area is 138 Å². The summed E-state index contributed by atoms with van der Waals surface area (Å²) >= 11 is 6.27. The molecule has 0 saturated carbocycles. The van der Waals surface area contributed by atoms with Gasteiger partial charge in [0.05, 0.1) is 0 Å². The first-order valence-electron chi connectivity index (χ1n) is 7.62. The van der Waals surface area contributed by atoms with Crippen LogP contribution in [-0.4, -0.2) is 31.1 Å². The highest BCUT2D eigenvalue weighted by atomic mass is 35.5. The van der Waals surface area contributed by atoms with Gasteiger partial charge in [-0.1, -0.05) is 43.9 Å². The number of benzene rings is 1. The molecule has 0 bridgehead atoms. The third-order valence-corrected chi connectivity index (χ3v) is 4.34. The van der Waals surface area contributed by atoms with E-state index in [4.69, 9.17) is 11.6 Å². The van der Waals surface area contributed by atoms with Crippen molar-refractivity contribution >= 4 is 24.0 Å². The predicted molar refractivity (Wildman–Crippen MR) is 90.0 cm³/mol. The minimum atomic E-state index is -0.169. The average Bonchev–Trinajstić information content (AvgIpc) is 2.46. The number of halogens is 3. The maximum absolute atomic E-state index is 14.2. The normalized spacial score (nSPS) is 17.3. The quantitative estimate of drug-likeness (QED) is 0.774. The van der Waals surface area contributed by atoms with Crippen LogP contribution in [0.25, 0.3) is 0 Å². The van der Waals surface area contributed by atoms with Crippen molar-refractivity contribution < 1.29 is 4.39 Å². The van der Waals surface area contributed by atoms with Gasteiger partial charge in [0.25, 0.3) is 0 Å². The summed E-state index contributed by atoms with van der Waals surface area (Å²) in [6.45, 7) is 6.05. The monoisotopic (exact) mass is 334 g/mol. The van der Waals surface area contributed by atoms with Crippen LogP contribution in [0.4, 0.5) is 4.39 Å². The molecule has 1 aromatic rings. The Kier molecular flexibility index (Phi) is 8.57. The Morgan fingerprint density at radius 1 is 1.29 bits per heavy atom. The molecule has 2 nitrogen and oxygen atoms in total. The van der Waals surface area contributed by atoms with E-state index in [1.165, 1.54) is 18.9 Å². The van der Waals surface area contributed by atoms with Crippen LogP contribution < -0.4 is 5.32 Å². The lowest BCUT2D eigenvalue weighted by molar-refractivity contribution is 0.159. The van der Waals surface area contributed by atoms with Gasteiger partial charge < -0.3 is 5.32 Å². The summed E-state index contributed by atoms with van der Waals surface area (Å²) in [6, 6.07) is 5.12. The summed E-state index contributed by atoms with van der Waals surface area (Å²) in [5, 5.41) is 3.91. The molecule has 1 aliphatic rings. The minimum absolute atomic E-state index is 0. The third-order valence-electron chi connectivity index (χ3n) is 4.01. The lowest BCUT2D eigenvalue weighted by atomic mass is 9.97. The topological polar surface area (TPSA) is 15.3 Å². The van der Waals surface area contributed by atoms with Crippen LogP contribution in [0, 0.1) is 5.82 Å². The molecule has 5 heteroatoms. The molecule has 1 heterocycles. The third kappa shape index (κ3) is 5.10. The molecule has 1 aromatic carbocycles. The van der Waals surface area contributed by atoms with Gasteiger partial charge in [0.2, 0.25) is 0 Å². The Morgan fingerprint density at radius 3 is 2.62 bits per heavy atom. The first kappa shape index (κ1) is 18.7. The number of nitrogens with zero attached hydrogens (tertiary/aromatic N) is 1. The second-order valence-electron chi connectivity index (χ2n) is 5.43. The molecule has 0 amide bonds. The van der Waals surface area contributed by atoms with E-state index >= 15 is 0 Å². The van der Waals surface area contributed by atoms with E-state index in [1.807, 2.05) is 0 Å². The fourth-order valence-corrected chi connectivity index (χ4v) is 3.21. The van der Waals surface area contributed by atoms with Crippen molar-refractivity contribution in [2.24, 2.45) is 0 Å². The van der Waals surface area contributed by atoms with Gasteiger partial charge in [-0.2, -0.15) is 0 Å². The van der Waals surface area contributed by atoms with E-state index in [1.54, 1.807) is 12.1 Å². The molecule has 0 aliphatic carbocycles. The standard InChI is InChI=1S/C16H24ClFN2.ClH/c1-2-3-4-8-15(20-11-9-19-10-12-20)16-13(17)6-5-7-14(16)18;/h5-7,15,19H,2-4,8-12H2,1H3;1H/t15-;/m1./s1. The van der Waals surface area contributed by atoms with Crippen molar-refractivity contribution in [2.75, 3.05) is 26.2 Å². The summed E-state index contributed by atoms with van der Waals surface area (Å²) in [7, 11) is 0. The van der Waals surface area contributed by atoms with Crippen molar-refractivity contribution in [3.8, 4) is 0 Å². The van der Waals surface area contributed by atoms with E-state index in [0.717, 1.165) is 39.0 Å². The van der Waals surface area contributed by atoms with Gasteiger partial charge in [0.15, 0.2) is 0 Å². The molecule has 1 N–H and O–H groups in total. The van der Waals surface area contributed by atoms with Crippen LogP contribution in [0.15, 0.2) is 18.2 Å². The van der Waals surface area contributed by atoms with E-state index in [2.05, 4.69) is 17.1 Å². The van der Waals surface area contributed by atoms with Gasteiger partial charge in [0, 0.05) is 42.8 Å². The van der Waals surface area contributed by atoms with E-state index < -0.39 is 0 Å². The van der Waals surface area contributed by atoms with Gasteiger partial charge in [-0.25, -0.2) is 4.39 Å². The zero-order valence-corrected chi connectivity index (χ0v) is 14.2. The Bertz CT molecular complexity index is 402. The largest absolute Gasteiger partial charge is 0.314 e. The number of unbranched alkanes of at least 4 members (excludes halogenated alkanes) is 2. The Morgan fingerprint density at radius 2 is 2.00 bits per heavy atom. The number of hydrogen-bond acceptors (Lipinski definition) is 2. The number of piperazine rings is 1. The minimum Gasteiger partial charge on any atom is -0.314 e. The lowest BCUT2D eigenvalue weighted by Gasteiger charge is -2.36. The zero-order valence-electron chi connectivity index (χ0n) is 12.6. The number of rotatable bonds is 6. The molecule has 1 saturated heterocycles. The summed E-state index contributed by atoms with van der Waals surface area (Å²) in [5.41, 5.74) is 0.687. The van der Waals surface area contributed by atoms with Crippen LogP contribution in [0.1, 0.15) is 44.2 Å². The van der Waals surface area contributed by atoms with Gasteiger partial charge in [-0.05, 0) is 18.6 Å². The highest BCUT2D eigenvalue weighted by Gasteiger charge is 2.26. The Balaban J connectivity index is 0.00000220. The maximum atomic E-state index is 14.2. The fraction of sp³-hybridized carbons (Fsp3) is 0.625. The predicted octanol–water partition coefficient (Wildman–Crippen LogP) is 4.43. The number of hydrogen-bond donors (Lipinski definition) is 1. The first-order valence-corrected chi connectivity index (χ1v) is 8.00. The smallest absolute Gasteiger partial charge is 0.129 e. The molecule has 0 unspecified atom stereocenters. The second kappa shape index (κ2) is 9.62. The van der Waals surface area contributed by atoms with Crippen molar-refractivity contribution in [1.29, 1.82) is 0 Å². The summed E-state index contributed by atoms with van der Waals surface area (Å²) in [4.78, 5) is 2.37. The van der Waals surface area contributed by atoms with Crippen molar-refractivity contribution in [1.82, 2.24) is 10.2 Å². The molecule has 2 rings (SSSR count).